The molecule has 0 aliphatic carbocycles. The van der Waals surface area contributed by atoms with Crippen molar-refractivity contribution in [1.29, 1.82) is 0 Å². The zero-order valence-electron chi connectivity index (χ0n) is 14.2. The zero-order valence-corrected chi connectivity index (χ0v) is 15.0. The van der Waals surface area contributed by atoms with Crippen molar-refractivity contribution in [3.63, 3.8) is 0 Å². The summed E-state index contributed by atoms with van der Waals surface area (Å²) in [4.78, 5) is 16.5. The van der Waals surface area contributed by atoms with Gasteiger partial charge in [0, 0.05) is 22.7 Å². The van der Waals surface area contributed by atoms with Crippen LogP contribution in [0.1, 0.15) is 12.8 Å². The van der Waals surface area contributed by atoms with E-state index >= 15 is 0 Å². The molecule has 3 aromatic rings. The Labute approximate surface area is 155 Å². The first-order valence-electron chi connectivity index (χ1n) is 7.93. The van der Waals surface area contributed by atoms with Gasteiger partial charge in [-0.05, 0) is 42.5 Å². The van der Waals surface area contributed by atoms with Crippen LogP contribution in [0.4, 0.5) is 16.2 Å². The number of aromatic nitrogens is 2. The summed E-state index contributed by atoms with van der Waals surface area (Å²) in [5.74, 6) is 1.61. The van der Waals surface area contributed by atoms with Crippen LogP contribution in [0.5, 0.6) is 5.75 Å². The number of urea groups is 1. The van der Waals surface area contributed by atoms with E-state index in [0.717, 1.165) is 5.56 Å². The summed E-state index contributed by atoms with van der Waals surface area (Å²) < 4.78 is 10.3. The maximum atomic E-state index is 12.2. The molecule has 0 aliphatic heterocycles. The Bertz CT molecular complexity index is 909. The smallest absolute Gasteiger partial charge is 0.323 e. The summed E-state index contributed by atoms with van der Waals surface area (Å²) >= 11 is 5.96. The Morgan fingerprint density at radius 1 is 1.19 bits per heavy atom. The Hall–Kier alpha value is -3.06. The van der Waals surface area contributed by atoms with Gasteiger partial charge in [-0.2, -0.15) is 4.98 Å². The molecule has 0 spiro atoms. The fourth-order valence-electron chi connectivity index (χ4n) is 2.28. The Morgan fingerprint density at radius 2 is 1.96 bits per heavy atom. The lowest BCUT2D eigenvalue weighted by molar-refractivity contribution is 0.262. The summed E-state index contributed by atoms with van der Waals surface area (Å²) in [7, 11) is 1.52. The minimum absolute atomic E-state index is 0.411. The van der Waals surface area contributed by atoms with Crippen molar-refractivity contribution in [3.05, 3.63) is 53.4 Å². The van der Waals surface area contributed by atoms with Gasteiger partial charge in [0.2, 0.25) is 11.7 Å². The molecule has 0 fully saturated rings. The number of halogens is 1. The Balaban J connectivity index is 1.67. The van der Waals surface area contributed by atoms with Crippen LogP contribution in [0.25, 0.3) is 11.4 Å². The second kappa shape index (κ2) is 7.88. The average molecular weight is 373 g/mol. The molecule has 2 aromatic carbocycles. The number of nitrogens with one attached hydrogen (secondary N) is 2. The van der Waals surface area contributed by atoms with Gasteiger partial charge in [0.1, 0.15) is 5.75 Å². The first-order valence-corrected chi connectivity index (χ1v) is 8.31. The number of methoxy groups -OCH3 is 1. The highest BCUT2D eigenvalue weighted by molar-refractivity contribution is 6.31. The third kappa shape index (κ3) is 4.12. The van der Waals surface area contributed by atoms with Gasteiger partial charge in [0.05, 0.1) is 12.8 Å². The summed E-state index contributed by atoms with van der Waals surface area (Å²) in [5, 5.41) is 9.87. The van der Waals surface area contributed by atoms with Gasteiger partial charge in [-0.25, -0.2) is 4.79 Å². The Kier molecular flexibility index (Phi) is 5.38. The van der Waals surface area contributed by atoms with Crippen LogP contribution in [0, 0.1) is 0 Å². The lowest BCUT2D eigenvalue weighted by atomic mass is 10.2. The zero-order chi connectivity index (χ0) is 18.5. The van der Waals surface area contributed by atoms with Crippen molar-refractivity contribution in [2.45, 2.75) is 13.3 Å². The highest BCUT2D eigenvalue weighted by Gasteiger charge is 2.10. The molecule has 0 unspecified atom stereocenters. The summed E-state index contributed by atoms with van der Waals surface area (Å²) in [6.07, 6.45) is 0.680. The number of benzene rings is 2. The molecule has 0 atom stereocenters. The van der Waals surface area contributed by atoms with Gasteiger partial charge < -0.3 is 19.9 Å². The highest BCUT2D eigenvalue weighted by atomic mass is 35.5. The van der Waals surface area contributed by atoms with Gasteiger partial charge in [0.25, 0.3) is 0 Å². The van der Waals surface area contributed by atoms with E-state index in [9.17, 15) is 4.79 Å². The van der Waals surface area contributed by atoms with Crippen LogP contribution in [-0.2, 0) is 6.42 Å². The maximum absolute atomic E-state index is 12.2. The molecular weight excluding hydrogens is 356 g/mol. The number of nitrogens with zero attached hydrogens (tertiary/aromatic N) is 2. The Morgan fingerprint density at radius 3 is 2.62 bits per heavy atom. The number of hydrogen-bond acceptors (Lipinski definition) is 5. The van der Waals surface area contributed by atoms with Crippen molar-refractivity contribution >= 4 is 29.0 Å². The first kappa shape index (κ1) is 17.8. The van der Waals surface area contributed by atoms with E-state index in [0.29, 0.717) is 40.3 Å². The number of ether oxygens (including phenoxy) is 1. The highest BCUT2D eigenvalue weighted by Crippen LogP contribution is 2.28. The number of carbonyl (C=O) groups excluding carboxylic acids is 1. The molecule has 8 heteroatoms. The van der Waals surface area contributed by atoms with Gasteiger partial charge in [-0.15, -0.1) is 0 Å². The summed E-state index contributed by atoms with van der Waals surface area (Å²) in [6.45, 7) is 1.94. The predicted molar refractivity (Wildman–Crippen MR) is 99.8 cm³/mol. The molecule has 0 bridgehead atoms. The standard InChI is InChI=1S/C18H17ClN4O3/c1-3-16-22-17(23-26-16)11-4-7-13(8-5-11)20-18(24)21-14-10-12(19)6-9-15(14)25-2/h4-10H,3H2,1-2H3,(H2,20,21,24). The van der Waals surface area contributed by atoms with Crippen LogP contribution in [0.2, 0.25) is 5.02 Å². The van der Waals surface area contributed by atoms with Crippen LogP contribution in [0.3, 0.4) is 0 Å². The third-order valence-electron chi connectivity index (χ3n) is 3.58. The van der Waals surface area contributed by atoms with E-state index < -0.39 is 6.03 Å². The molecule has 0 aliphatic rings. The quantitative estimate of drug-likeness (QED) is 0.682. The van der Waals surface area contributed by atoms with Crippen molar-refractivity contribution in [2.24, 2.45) is 0 Å². The van der Waals surface area contributed by atoms with Crippen molar-refractivity contribution < 1.29 is 14.1 Å². The number of hydrogen-bond donors (Lipinski definition) is 2. The lowest BCUT2D eigenvalue weighted by Crippen LogP contribution is -2.19. The van der Waals surface area contributed by atoms with Crippen molar-refractivity contribution in [2.75, 3.05) is 17.7 Å². The molecule has 1 aromatic heterocycles. The first-order chi connectivity index (χ1) is 12.6. The molecule has 2 N–H and O–H groups in total. The van der Waals surface area contributed by atoms with Gasteiger partial charge in [-0.1, -0.05) is 23.7 Å². The minimum Gasteiger partial charge on any atom is -0.495 e. The average Bonchev–Trinajstić information content (AvgIpc) is 3.12. The number of amides is 2. The van der Waals surface area contributed by atoms with Gasteiger partial charge >= 0.3 is 6.03 Å². The third-order valence-corrected chi connectivity index (χ3v) is 3.82. The normalized spacial score (nSPS) is 10.4. The largest absolute Gasteiger partial charge is 0.495 e. The van der Waals surface area contributed by atoms with Gasteiger partial charge in [-0.3, -0.25) is 0 Å². The van der Waals surface area contributed by atoms with E-state index in [2.05, 4.69) is 20.8 Å². The van der Waals surface area contributed by atoms with Crippen LogP contribution in [-0.4, -0.2) is 23.3 Å². The number of aryl methyl sites for hydroxylation is 1. The molecule has 0 saturated heterocycles. The molecule has 134 valence electrons. The van der Waals surface area contributed by atoms with Crippen molar-refractivity contribution in [3.8, 4) is 17.1 Å². The molecule has 3 rings (SSSR count). The fourth-order valence-corrected chi connectivity index (χ4v) is 2.45. The predicted octanol–water partition coefficient (Wildman–Crippen LogP) is 4.61. The molecule has 2 amide bonds. The summed E-state index contributed by atoms with van der Waals surface area (Å²) in [5.41, 5.74) is 1.90. The van der Waals surface area contributed by atoms with Crippen LogP contribution in [0.15, 0.2) is 47.0 Å². The van der Waals surface area contributed by atoms with E-state index in [1.54, 1.807) is 42.5 Å². The molecule has 0 radical (unpaired) electrons. The minimum atomic E-state index is -0.411. The van der Waals surface area contributed by atoms with Gasteiger partial charge in [0.15, 0.2) is 0 Å². The monoisotopic (exact) mass is 372 g/mol. The molecule has 0 saturated carbocycles. The summed E-state index contributed by atoms with van der Waals surface area (Å²) in [6, 6.07) is 11.7. The van der Waals surface area contributed by atoms with E-state index in [4.69, 9.17) is 20.9 Å². The molecule has 26 heavy (non-hydrogen) atoms. The maximum Gasteiger partial charge on any atom is 0.323 e. The van der Waals surface area contributed by atoms with E-state index in [-0.39, 0.29) is 0 Å². The SMILES string of the molecule is CCc1nc(-c2ccc(NC(=O)Nc3cc(Cl)ccc3OC)cc2)no1. The molecule has 7 nitrogen and oxygen atoms in total. The number of anilines is 2. The number of rotatable bonds is 5. The van der Waals surface area contributed by atoms with Crippen LogP contribution < -0.4 is 15.4 Å². The van der Waals surface area contributed by atoms with E-state index in [1.807, 2.05) is 6.92 Å². The molecule has 1 heterocycles. The molecular formula is C18H17ClN4O3. The van der Waals surface area contributed by atoms with Crippen LogP contribution >= 0.6 is 11.6 Å². The van der Waals surface area contributed by atoms with E-state index in [1.165, 1.54) is 7.11 Å². The number of carbonyl (C=O) groups is 1. The lowest BCUT2D eigenvalue weighted by Gasteiger charge is -2.11. The van der Waals surface area contributed by atoms with Crippen molar-refractivity contribution in [1.82, 2.24) is 10.1 Å². The topological polar surface area (TPSA) is 89.3 Å². The fraction of sp³-hybridized carbons (Fsp3) is 0.167. The second-order valence-corrected chi connectivity index (χ2v) is 5.80. The second-order valence-electron chi connectivity index (χ2n) is 5.37.